The highest BCUT2D eigenvalue weighted by Crippen LogP contribution is 2.23. The van der Waals surface area contributed by atoms with Gasteiger partial charge in [0.2, 0.25) is 5.78 Å². The van der Waals surface area contributed by atoms with Crippen LogP contribution in [0.4, 0.5) is 0 Å². The maximum atomic E-state index is 13.4. The molecule has 0 spiro atoms. The number of para-hydroxylation sites is 1. The molecule has 8 nitrogen and oxygen atoms in total. The fourth-order valence-corrected chi connectivity index (χ4v) is 4.20. The van der Waals surface area contributed by atoms with E-state index < -0.39 is 12.6 Å². The number of esters is 1. The Balaban J connectivity index is 1.65. The van der Waals surface area contributed by atoms with Gasteiger partial charge < -0.3 is 9.30 Å². The number of aromatic nitrogens is 4. The third-order valence-corrected chi connectivity index (χ3v) is 5.98. The Kier molecular flexibility index (Phi) is 6.26. The van der Waals surface area contributed by atoms with Gasteiger partial charge >= 0.3 is 5.97 Å². The van der Waals surface area contributed by atoms with Crippen molar-refractivity contribution in [1.82, 2.24) is 18.9 Å². The van der Waals surface area contributed by atoms with Crippen molar-refractivity contribution in [1.29, 1.82) is 0 Å². The molecule has 3 heterocycles. The van der Waals surface area contributed by atoms with Gasteiger partial charge in [-0.25, -0.2) is 14.5 Å². The van der Waals surface area contributed by atoms with Gasteiger partial charge in [0.1, 0.15) is 10.8 Å². The standard InChI is InChI=1S/C25H23ClN4O4/c1-15-12-20(21(31)14-34-25(33)18-10-11-27-22(26)13-18)16(2)29(15)23-17(3)28(4)30(24(23)32)19-8-6-5-7-9-19/h5-13H,14H2,1-4H3. The largest absolute Gasteiger partial charge is 0.454 e. The maximum absolute atomic E-state index is 13.4. The van der Waals surface area contributed by atoms with Crippen LogP contribution in [-0.4, -0.2) is 37.3 Å². The minimum absolute atomic E-state index is 0.156. The van der Waals surface area contributed by atoms with Gasteiger partial charge in [-0.05, 0) is 51.1 Å². The van der Waals surface area contributed by atoms with E-state index in [1.165, 1.54) is 18.3 Å². The van der Waals surface area contributed by atoms with E-state index in [-0.39, 0.29) is 22.1 Å². The predicted octanol–water partition coefficient (Wildman–Crippen LogP) is 3.98. The number of halogens is 1. The molecule has 0 amide bonds. The van der Waals surface area contributed by atoms with E-state index in [4.69, 9.17) is 16.3 Å². The van der Waals surface area contributed by atoms with Crippen molar-refractivity contribution in [2.75, 3.05) is 6.61 Å². The highest BCUT2D eigenvalue weighted by Gasteiger charge is 2.24. The van der Waals surface area contributed by atoms with Crippen molar-refractivity contribution in [2.45, 2.75) is 20.8 Å². The molecule has 0 aliphatic carbocycles. The first-order chi connectivity index (χ1) is 16.2. The Hall–Kier alpha value is -3.91. The van der Waals surface area contributed by atoms with Crippen molar-refractivity contribution < 1.29 is 14.3 Å². The number of rotatable bonds is 6. The molecule has 9 heteroatoms. The average Bonchev–Trinajstić information content (AvgIpc) is 3.23. The topological polar surface area (TPSA) is 88.1 Å². The predicted molar refractivity (Wildman–Crippen MR) is 128 cm³/mol. The molecule has 3 aromatic heterocycles. The van der Waals surface area contributed by atoms with Gasteiger partial charge in [0, 0.05) is 30.2 Å². The molecule has 0 fully saturated rings. The number of Topliss-reactive ketones (excluding diaryl/α,β-unsaturated/α-hetero) is 1. The van der Waals surface area contributed by atoms with Gasteiger partial charge in [0.15, 0.2) is 6.61 Å². The Morgan fingerprint density at radius 2 is 1.74 bits per heavy atom. The number of ether oxygens (including phenoxy) is 1. The van der Waals surface area contributed by atoms with E-state index in [1.807, 2.05) is 51.2 Å². The number of pyridine rings is 1. The number of carbonyl (C=O) groups excluding carboxylic acids is 2. The van der Waals surface area contributed by atoms with Crippen molar-refractivity contribution >= 4 is 23.4 Å². The van der Waals surface area contributed by atoms with Crippen LogP contribution in [0.15, 0.2) is 59.5 Å². The third kappa shape index (κ3) is 4.08. The first-order valence-electron chi connectivity index (χ1n) is 10.6. The Morgan fingerprint density at radius 1 is 1.03 bits per heavy atom. The van der Waals surface area contributed by atoms with Crippen molar-refractivity contribution in [2.24, 2.45) is 7.05 Å². The molecule has 174 valence electrons. The van der Waals surface area contributed by atoms with E-state index in [9.17, 15) is 14.4 Å². The van der Waals surface area contributed by atoms with E-state index in [2.05, 4.69) is 4.98 Å². The second-order valence-electron chi connectivity index (χ2n) is 7.90. The number of benzene rings is 1. The molecule has 0 atom stereocenters. The molecule has 0 aliphatic heterocycles. The number of carbonyl (C=O) groups is 2. The van der Waals surface area contributed by atoms with Gasteiger partial charge in [0.05, 0.1) is 16.9 Å². The molecule has 0 unspecified atom stereocenters. The van der Waals surface area contributed by atoms with E-state index >= 15 is 0 Å². The van der Waals surface area contributed by atoms with Gasteiger partial charge in [-0.3, -0.25) is 14.3 Å². The van der Waals surface area contributed by atoms with Gasteiger partial charge in [0.25, 0.3) is 5.56 Å². The Morgan fingerprint density at radius 3 is 2.41 bits per heavy atom. The molecule has 0 saturated heterocycles. The molecule has 4 aromatic rings. The Labute approximate surface area is 201 Å². The highest BCUT2D eigenvalue weighted by molar-refractivity contribution is 6.29. The normalized spacial score (nSPS) is 11.0. The van der Waals surface area contributed by atoms with Gasteiger partial charge in [-0.15, -0.1) is 0 Å². The zero-order valence-corrected chi connectivity index (χ0v) is 20.0. The molecule has 0 bridgehead atoms. The lowest BCUT2D eigenvalue weighted by atomic mass is 10.1. The molecule has 0 radical (unpaired) electrons. The first-order valence-corrected chi connectivity index (χ1v) is 10.9. The second kappa shape index (κ2) is 9.15. The number of ketones is 1. The van der Waals surface area contributed by atoms with Crippen LogP contribution in [0.2, 0.25) is 5.15 Å². The number of hydrogen-bond acceptors (Lipinski definition) is 5. The maximum Gasteiger partial charge on any atom is 0.338 e. The fourth-order valence-electron chi connectivity index (χ4n) is 4.02. The van der Waals surface area contributed by atoms with Crippen LogP contribution in [0.1, 0.15) is 37.8 Å². The summed E-state index contributed by atoms with van der Waals surface area (Å²) in [5.41, 5.74) is 3.65. The fraction of sp³-hybridized carbons (Fsp3) is 0.200. The van der Waals surface area contributed by atoms with Crippen molar-refractivity contribution in [3.05, 3.63) is 98.4 Å². The van der Waals surface area contributed by atoms with Crippen LogP contribution in [-0.2, 0) is 11.8 Å². The van der Waals surface area contributed by atoms with Crippen molar-refractivity contribution in [3.8, 4) is 11.4 Å². The Bertz CT molecular complexity index is 1460. The summed E-state index contributed by atoms with van der Waals surface area (Å²) in [7, 11) is 1.82. The molecule has 1 aromatic carbocycles. The lowest BCUT2D eigenvalue weighted by molar-refractivity contribution is 0.0474. The number of hydrogen-bond donors (Lipinski definition) is 0. The van der Waals surface area contributed by atoms with Gasteiger partial charge in [-0.1, -0.05) is 29.8 Å². The molecular weight excluding hydrogens is 456 g/mol. The summed E-state index contributed by atoms with van der Waals surface area (Å²) in [6, 6.07) is 13.9. The molecule has 0 aliphatic rings. The smallest absolute Gasteiger partial charge is 0.338 e. The lowest BCUT2D eigenvalue weighted by Gasteiger charge is -2.09. The molecule has 0 N–H and O–H groups in total. The van der Waals surface area contributed by atoms with Crippen LogP contribution in [0.3, 0.4) is 0 Å². The molecule has 4 rings (SSSR count). The minimum atomic E-state index is -0.670. The van der Waals surface area contributed by atoms with Crippen LogP contribution in [0, 0.1) is 20.8 Å². The first kappa shape index (κ1) is 23.3. The van der Waals surface area contributed by atoms with Crippen LogP contribution in [0.5, 0.6) is 0 Å². The SMILES string of the molecule is Cc1cc(C(=O)COC(=O)c2ccnc(Cl)c2)c(C)n1-c1c(C)n(C)n(-c2ccccc2)c1=O. The van der Waals surface area contributed by atoms with E-state index in [0.29, 0.717) is 16.9 Å². The lowest BCUT2D eigenvalue weighted by Crippen LogP contribution is -2.22. The summed E-state index contributed by atoms with van der Waals surface area (Å²) in [6.45, 7) is 5.01. The van der Waals surface area contributed by atoms with Crippen molar-refractivity contribution in [3.63, 3.8) is 0 Å². The zero-order chi connectivity index (χ0) is 24.6. The molecule has 34 heavy (non-hydrogen) atoms. The quantitative estimate of drug-likeness (QED) is 0.237. The van der Waals surface area contributed by atoms with E-state index in [1.54, 1.807) is 26.9 Å². The van der Waals surface area contributed by atoms with E-state index in [0.717, 1.165) is 17.1 Å². The summed E-state index contributed by atoms with van der Waals surface area (Å²) in [5.74, 6) is -1.04. The van der Waals surface area contributed by atoms with Crippen LogP contribution >= 0.6 is 11.6 Å². The summed E-state index contributed by atoms with van der Waals surface area (Å²) in [4.78, 5) is 42.4. The zero-order valence-electron chi connectivity index (χ0n) is 19.2. The minimum Gasteiger partial charge on any atom is -0.454 e. The van der Waals surface area contributed by atoms with Crippen LogP contribution in [0.25, 0.3) is 11.4 Å². The number of nitrogens with zero attached hydrogens (tertiary/aromatic N) is 4. The summed E-state index contributed by atoms with van der Waals surface area (Å²) < 4.78 is 10.3. The number of aryl methyl sites for hydroxylation is 1. The molecular formula is C25H23ClN4O4. The monoisotopic (exact) mass is 478 g/mol. The second-order valence-corrected chi connectivity index (χ2v) is 8.28. The molecule has 0 saturated carbocycles. The average molecular weight is 479 g/mol. The van der Waals surface area contributed by atoms with Gasteiger partial charge in [-0.2, -0.15) is 0 Å². The highest BCUT2D eigenvalue weighted by atomic mass is 35.5. The third-order valence-electron chi connectivity index (χ3n) is 5.78. The summed E-state index contributed by atoms with van der Waals surface area (Å²) in [5, 5.41) is 0.156. The summed E-state index contributed by atoms with van der Waals surface area (Å²) >= 11 is 5.81. The summed E-state index contributed by atoms with van der Waals surface area (Å²) in [6.07, 6.45) is 1.39. The van der Waals surface area contributed by atoms with Crippen LogP contribution < -0.4 is 5.56 Å².